The van der Waals surface area contributed by atoms with Crippen LogP contribution in [0, 0.1) is 0 Å². The second-order valence-corrected chi connectivity index (χ2v) is 2.48. The van der Waals surface area contributed by atoms with Crippen LogP contribution < -0.4 is 5.32 Å². The van der Waals surface area contributed by atoms with Gasteiger partial charge in [-0.25, -0.2) is 4.99 Å². The van der Waals surface area contributed by atoms with Crippen LogP contribution in [0.4, 0.5) is 0 Å². The minimum absolute atomic E-state index is 0. The number of aliphatic hydroxyl groups is 1. The second kappa shape index (κ2) is 4.09. The zero-order valence-electron chi connectivity index (χ0n) is 6.77. The van der Waals surface area contributed by atoms with Gasteiger partial charge in [0.25, 0.3) is 0 Å². The molecule has 68 valence electrons. The third kappa shape index (κ3) is 2.09. The molecule has 0 aromatic rings. The minimum Gasteiger partial charge on any atom is -0.493 e. The Balaban J connectivity index is 0.000000845. The van der Waals surface area contributed by atoms with Gasteiger partial charge in [-0.1, -0.05) is 18.2 Å². The molecule has 0 saturated carbocycles. The third-order valence-electron chi connectivity index (χ3n) is 1.60. The van der Waals surface area contributed by atoms with Gasteiger partial charge >= 0.3 is 0 Å². The van der Waals surface area contributed by atoms with Gasteiger partial charge in [0.15, 0.2) is 0 Å². The molecule has 2 aliphatic rings. The molecule has 0 unspecified atom stereocenters. The van der Waals surface area contributed by atoms with Gasteiger partial charge in [0, 0.05) is 0 Å². The van der Waals surface area contributed by atoms with Crippen molar-refractivity contribution < 1.29 is 5.11 Å². The SMILES string of the molecule is Br.OC1=CN=C2C=CC=CC=C2N1. The van der Waals surface area contributed by atoms with Crippen molar-refractivity contribution in [1.82, 2.24) is 5.32 Å². The highest BCUT2D eigenvalue weighted by Crippen LogP contribution is 2.08. The number of nitrogens with one attached hydrogen (secondary N) is 1. The average molecular weight is 241 g/mol. The summed E-state index contributed by atoms with van der Waals surface area (Å²) in [5, 5.41) is 11.9. The average Bonchev–Trinajstić information content (AvgIpc) is 2.28. The number of aliphatic hydroxyl groups excluding tert-OH is 1. The van der Waals surface area contributed by atoms with Crippen LogP contribution in [0.2, 0.25) is 0 Å². The van der Waals surface area contributed by atoms with E-state index in [1.54, 1.807) is 0 Å². The molecule has 2 N–H and O–H groups in total. The van der Waals surface area contributed by atoms with E-state index in [0.717, 1.165) is 11.4 Å². The minimum atomic E-state index is 0. The topological polar surface area (TPSA) is 44.6 Å². The summed E-state index contributed by atoms with van der Waals surface area (Å²) in [6, 6.07) is 0. The molecule has 0 amide bonds. The number of nitrogens with zero attached hydrogens (tertiary/aromatic N) is 1. The van der Waals surface area contributed by atoms with Gasteiger partial charge in [0.2, 0.25) is 5.88 Å². The molecule has 0 radical (unpaired) electrons. The van der Waals surface area contributed by atoms with Crippen molar-refractivity contribution in [3.8, 4) is 0 Å². The summed E-state index contributed by atoms with van der Waals surface area (Å²) in [4.78, 5) is 4.04. The molecule has 3 nitrogen and oxygen atoms in total. The van der Waals surface area contributed by atoms with Crippen molar-refractivity contribution in [3.63, 3.8) is 0 Å². The molecule has 1 heterocycles. The fourth-order valence-electron chi connectivity index (χ4n) is 1.06. The summed E-state index contributed by atoms with van der Waals surface area (Å²) in [6.45, 7) is 0. The van der Waals surface area contributed by atoms with Crippen molar-refractivity contribution in [2.24, 2.45) is 4.99 Å². The first kappa shape index (κ1) is 9.80. The standard InChI is InChI=1S/C9H8N2O.BrH/c12-9-6-10-7-4-2-1-3-5-8(7)11-9;/h1-6,11-12H;1H. The molecule has 0 atom stereocenters. The van der Waals surface area contributed by atoms with Crippen LogP contribution in [-0.2, 0) is 0 Å². The third-order valence-corrected chi connectivity index (χ3v) is 1.60. The summed E-state index contributed by atoms with van der Waals surface area (Å²) in [6.07, 6.45) is 10.8. The highest BCUT2D eigenvalue weighted by atomic mass is 79.9. The largest absolute Gasteiger partial charge is 0.493 e. The summed E-state index contributed by atoms with van der Waals surface area (Å²) >= 11 is 0. The maximum absolute atomic E-state index is 9.09. The Hall–Kier alpha value is -1.29. The van der Waals surface area contributed by atoms with Crippen LogP contribution in [0.1, 0.15) is 0 Å². The lowest BCUT2D eigenvalue weighted by molar-refractivity contribution is 0.377. The van der Waals surface area contributed by atoms with Crippen molar-refractivity contribution in [2.45, 2.75) is 0 Å². The van der Waals surface area contributed by atoms with E-state index in [1.165, 1.54) is 6.20 Å². The van der Waals surface area contributed by atoms with Crippen LogP contribution in [-0.4, -0.2) is 10.8 Å². The number of aliphatic imine (C=N–C) groups is 1. The monoisotopic (exact) mass is 240 g/mol. The maximum Gasteiger partial charge on any atom is 0.207 e. The number of hydrogen-bond donors (Lipinski definition) is 2. The Morgan fingerprint density at radius 3 is 2.92 bits per heavy atom. The molecular weight excluding hydrogens is 232 g/mol. The quantitative estimate of drug-likeness (QED) is 0.681. The predicted octanol–water partition coefficient (Wildman–Crippen LogP) is 1.98. The molecule has 13 heavy (non-hydrogen) atoms. The van der Waals surface area contributed by atoms with Crippen molar-refractivity contribution >= 4 is 22.7 Å². The van der Waals surface area contributed by atoms with Gasteiger partial charge in [-0.05, 0) is 12.2 Å². The van der Waals surface area contributed by atoms with Crippen molar-refractivity contribution in [1.29, 1.82) is 0 Å². The van der Waals surface area contributed by atoms with Crippen molar-refractivity contribution in [3.05, 3.63) is 48.2 Å². The number of allylic oxidation sites excluding steroid dienone is 5. The van der Waals surface area contributed by atoms with E-state index in [2.05, 4.69) is 10.3 Å². The van der Waals surface area contributed by atoms with Crippen LogP contribution in [0.15, 0.2) is 53.2 Å². The Kier molecular flexibility index (Phi) is 3.08. The van der Waals surface area contributed by atoms with E-state index in [4.69, 9.17) is 5.11 Å². The van der Waals surface area contributed by atoms with Gasteiger partial charge in [-0.15, -0.1) is 17.0 Å². The first-order chi connectivity index (χ1) is 5.86. The van der Waals surface area contributed by atoms with Crippen LogP contribution in [0.5, 0.6) is 0 Å². The Morgan fingerprint density at radius 2 is 2.08 bits per heavy atom. The first-order valence-electron chi connectivity index (χ1n) is 3.65. The van der Waals surface area contributed by atoms with E-state index in [0.29, 0.717) is 0 Å². The smallest absolute Gasteiger partial charge is 0.207 e. The zero-order valence-corrected chi connectivity index (χ0v) is 8.48. The molecule has 1 aliphatic carbocycles. The van der Waals surface area contributed by atoms with Crippen LogP contribution in [0.3, 0.4) is 0 Å². The Morgan fingerprint density at radius 1 is 1.23 bits per heavy atom. The summed E-state index contributed by atoms with van der Waals surface area (Å²) < 4.78 is 0. The van der Waals surface area contributed by atoms with Crippen LogP contribution in [0.25, 0.3) is 0 Å². The molecule has 0 aromatic carbocycles. The molecular formula is C9H9BrN2O. The summed E-state index contributed by atoms with van der Waals surface area (Å²) in [5.74, 6) is 0.0775. The van der Waals surface area contributed by atoms with Crippen LogP contribution >= 0.6 is 17.0 Å². The lowest BCUT2D eigenvalue weighted by atomic mass is 10.2. The van der Waals surface area contributed by atoms with Gasteiger partial charge in [0.1, 0.15) is 0 Å². The van der Waals surface area contributed by atoms with E-state index < -0.39 is 0 Å². The number of fused-ring (bicyclic) bond motifs is 1. The van der Waals surface area contributed by atoms with E-state index in [9.17, 15) is 0 Å². The Bertz CT molecular complexity index is 351. The second-order valence-electron chi connectivity index (χ2n) is 2.48. The molecule has 4 heteroatoms. The highest BCUT2D eigenvalue weighted by Gasteiger charge is 2.09. The number of halogens is 1. The van der Waals surface area contributed by atoms with Gasteiger partial charge in [0.05, 0.1) is 17.6 Å². The van der Waals surface area contributed by atoms with E-state index in [1.807, 2.05) is 30.4 Å². The van der Waals surface area contributed by atoms with Crippen molar-refractivity contribution in [2.75, 3.05) is 0 Å². The lowest BCUT2D eigenvalue weighted by Crippen LogP contribution is -2.21. The summed E-state index contributed by atoms with van der Waals surface area (Å²) in [5.41, 5.74) is 1.65. The predicted molar refractivity (Wildman–Crippen MR) is 58.0 cm³/mol. The number of hydrogen-bond acceptors (Lipinski definition) is 3. The van der Waals surface area contributed by atoms with Gasteiger partial charge in [-0.2, -0.15) is 0 Å². The fourth-order valence-corrected chi connectivity index (χ4v) is 1.06. The molecule has 0 fully saturated rings. The zero-order chi connectivity index (χ0) is 8.39. The molecule has 0 aromatic heterocycles. The van der Waals surface area contributed by atoms with E-state index >= 15 is 0 Å². The normalized spacial score (nSPS) is 18.3. The first-order valence-corrected chi connectivity index (χ1v) is 3.65. The fraction of sp³-hybridized carbons (Fsp3) is 0. The van der Waals surface area contributed by atoms with E-state index in [-0.39, 0.29) is 22.9 Å². The molecule has 0 saturated heterocycles. The molecule has 1 aliphatic heterocycles. The molecule has 2 rings (SSSR count). The van der Waals surface area contributed by atoms with Gasteiger partial charge in [-0.3, -0.25) is 0 Å². The maximum atomic E-state index is 9.09. The lowest BCUT2D eigenvalue weighted by Gasteiger charge is -2.12. The number of rotatable bonds is 0. The van der Waals surface area contributed by atoms with Gasteiger partial charge < -0.3 is 10.4 Å². The molecule has 0 bridgehead atoms. The summed E-state index contributed by atoms with van der Waals surface area (Å²) in [7, 11) is 0. The Labute approximate surface area is 86.6 Å². The highest BCUT2D eigenvalue weighted by molar-refractivity contribution is 8.93. The molecule has 0 spiro atoms.